The van der Waals surface area contributed by atoms with Gasteiger partial charge < -0.3 is 19.5 Å². The molecule has 1 aliphatic heterocycles. The molecule has 1 aromatic rings. The molecule has 104 valence electrons. The van der Waals surface area contributed by atoms with Crippen molar-refractivity contribution in [1.82, 2.24) is 4.90 Å². The highest BCUT2D eigenvalue weighted by molar-refractivity contribution is 6.30. The van der Waals surface area contributed by atoms with Gasteiger partial charge in [0, 0.05) is 11.6 Å². The molecular weight excluding hydrogens is 270 g/mol. The minimum Gasteiger partial charge on any atom is -0.496 e. The second-order valence-electron chi connectivity index (χ2n) is 4.25. The van der Waals surface area contributed by atoms with Crippen LogP contribution in [0.15, 0.2) is 18.2 Å². The first-order chi connectivity index (χ1) is 9.17. The third-order valence-electron chi connectivity index (χ3n) is 3.09. The van der Waals surface area contributed by atoms with Crippen molar-refractivity contribution in [3.8, 4) is 5.75 Å². The number of hydrogen-bond donors (Lipinski definition) is 1. The summed E-state index contributed by atoms with van der Waals surface area (Å²) in [7, 11) is 1.49. The summed E-state index contributed by atoms with van der Waals surface area (Å²) in [5.74, 6) is 0.247. The number of halogens is 1. The van der Waals surface area contributed by atoms with E-state index in [2.05, 4.69) is 0 Å². The van der Waals surface area contributed by atoms with Crippen molar-refractivity contribution in [3.05, 3.63) is 28.8 Å². The number of methoxy groups -OCH3 is 1. The molecule has 1 amide bonds. The summed E-state index contributed by atoms with van der Waals surface area (Å²) in [5, 5.41) is 9.81. The van der Waals surface area contributed by atoms with E-state index in [-0.39, 0.29) is 18.6 Å². The highest BCUT2D eigenvalue weighted by Gasteiger charge is 2.29. The summed E-state index contributed by atoms with van der Waals surface area (Å²) in [5.41, 5.74) is 0.437. The summed E-state index contributed by atoms with van der Waals surface area (Å²) in [6.45, 7) is 1.15. The lowest BCUT2D eigenvalue weighted by molar-refractivity contribution is -0.0185. The monoisotopic (exact) mass is 285 g/mol. The van der Waals surface area contributed by atoms with E-state index in [1.54, 1.807) is 23.1 Å². The Morgan fingerprint density at radius 1 is 1.63 bits per heavy atom. The van der Waals surface area contributed by atoms with E-state index in [0.29, 0.717) is 36.1 Å². The third-order valence-corrected chi connectivity index (χ3v) is 3.33. The van der Waals surface area contributed by atoms with Gasteiger partial charge in [-0.05, 0) is 18.2 Å². The van der Waals surface area contributed by atoms with Gasteiger partial charge in [-0.2, -0.15) is 0 Å². The number of ether oxygens (including phenoxy) is 2. The Morgan fingerprint density at radius 3 is 3.11 bits per heavy atom. The van der Waals surface area contributed by atoms with Gasteiger partial charge in [0.05, 0.1) is 38.5 Å². The summed E-state index contributed by atoms with van der Waals surface area (Å²) in [4.78, 5) is 14.1. The first-order valence-electron chi connectivity index (χ1n) is 6.00. The molecule has 1 atom stereocenters. The Kier molecular flexibility index (Phi) is 4.63. The van der Waals surface area contributed by atoms with E-state index in [0.717, 1.165) is 0 Å². The maximum atomic E-state index is 12.5. The normalized spacial score (nSPS) is 19.3. The Morgan fingerprint density at radius 2 is 2.42 bits per heavy atom. The molecule has 0 aliphatic carbocycles. The van der Waals surface area contributed by atoms with Crippen LogP contribution in [0.1, 0.15) is 10.4 Å². The van der Waals surface area contributed by atoms with Crippen LogP contribution >= 0.6 is 11.6 Å². The van der Waals surface area contributed by atoms with Gasteiger partial charge in [-0.25, -0.2) is 0 Å². The van der Waals surface area contributed by atoms with Crippen molar-refractivity contribution < 1.29 is 19.4 Å². The number of rotatable bonds is 3. The number of carbonyl (C=O) groups excluding carboxylic acids is 1. The van der Waals surface area contributed by atoms with Crippen LogP contribution in [0.3, 0.4) is 0 Å². The average molecular weight is 286 g/mol. The van der Waals surface area contributed by atoms with Crippen LogP contribution in [-0.4, -0.2) is 55.4 Å². The topological polar surface area (TPSA) is 59.0 Å². The zero-order valence-electron chi connectivity index (χ0n) is 10.6. The molecule has 1 N–H and O–H groups in total. The number of nitrogens with zero attached hydrogens (tertiary/aromatic N) is 1. The van der Waals surface area contributed by atoms with Gasteiger partial charge in [0.1, 0.15) is 5.75 Å². The lowest BCUT2D eigenvalue weighted by atomic mass is 10.1. The van der Waals surface area contributed by atoms with Crippen LogP contribution in [0.2, 0.25) is 5.02 Å². The van der Waals surface area contributed by atoms with Gasteiger partial charge in [-0.15, -0.1) is 0 Å². The number of aliphatic hydroxyl groups excluding tert-OH is 1. The summed E-state index contributed by atoms with van der Waals surface area (Å²) >= 11 is 5.88. The SMILES string of the molecule is COc1cc(Cl)ccc1C(=O)N1CCOCC1CO. The Hall–Kier alpha value is -1.30. The van der Waals surface area contributed by atoms with Crippen molar-refractivity contribution >= 4 is 17.5 Å². The Balaban J connectivity index is 2.27. The number of hydrogen-bond acceptors (Lipinski definition) is 4. The van der Waals surface area contributed by atoms with E-state index in [4.69, 9.17) is 21.1 Å². The summed E-state index contributed by atoms with van der Waals surface area (Å²) in [6.07, 6.45) is 0. The molecule has 0 bridgehead atoms. The lowest BCUT2D eigenvalue weighted by Crippen LogP contribution is -2.50. The van der Waals surface area contributed by atoms with Crippen LogP contribution in [-0.2, 0) is 4.74 Å². The third kappa shape index (κ3) is 3.00. The van der Waals surface area contributed by atoms with Gasteiger partial charge in [-0.1, -0.05) is 11.6 Å². The van der Waals surface area contributed by atoms with Gasteiger partial charge in [0.25, 0.3) is 5.91 Å². The molecule has 5 nitrogen and oxygen atoms in total. The maximum absolute atomic E-state index is 12.5. The summed E-state index contributed by atoms with van der Waals surface area (Å²) in [6, 6.07) is 4.56. The van der Waals surface area contributed by atoms with Crippen LogP contribution in [0.5, 0.6) is 5.75 Å². The number of amides is 1. The van der Waals surface area contributed by atoms with Crippen molar-refractivity contribution in [2.45, 2.75) is 6.04 Å². The van der Waals surface area contributed by atoms with Crippen LogP contribution in [0, 0.1) is 0 Å². The van der Waals surface area contributed by atoms with E-state index >= 15 is 0 Å². The largest absolute Gasteiger partial charge is 0.496 e. The molecule has 6 heteroatoms. The fourth-order valence-electron chi connectivity index (χ4n) is 2.07. The Bertz CT molecular complexity index is 466. The molecule has 0 radical (unpaired) electrons. The second-order valence-corrected chi connectivity index (χ2v) is 4.69. The van der Waals surface area contributed by atoms with Crippen molar-refractivity contribution in [2.24, 2.45) is 0 Å². The molecule has 0 saturated carbocycles. The zero-order chi connectivity index (χ0) is 13.8. The predicted octanol–water partition coefficient (Wildman–Crippen LogP) is 1.18. The Labute approximate surface area is 116 Å². The van der Waals surface area contributed by atoms with E-state index in [1.807, 2.05) is 0 Å². The first kappa shape index (κ1) is 14.1. The highest BCUT2D eigenvalue weighted by Crippen LogP contribution is 2.25. The average Bonchev–Trinajstić information content (AvgIpc) is 2.46. The number of carbonyl (C=O) groups is 1. The minimum atomic E-state index is -0.318. The molecular formula is C13H16ClNO4. The van der Waals surface area contributed by atoms with Crippen molar-refractivity contribution in [1.29, 1.82) is 0 Å². The van der Waals surface area contributed by atoms with Gasteiger partial charge >= 0.3 is 0 Å². The number of aliphatic hydroxyl groups is 1. The second kappa shape index (κ2) is 6.23. The van der Waals surface area contributed by atoms with Crippen LogP contribution in [0.25, 0.3) is 0 Å². The molecule has 1 fully saturated rings. The standard InChI is InChI=1S/C13H16ClNO4/c1-18-12-6-9(14)2-3-11(12)13(17)15-4-5-19-8-10(15)7-16/h2-3,6,10,16H,4-5,7-8H2,1H3. The first-order valence-corrected chi connectivity index (χ1v) is 6.38. The van der Waals surface area contributed by atoms with Crippen molar-refractivity contribution in [3.63, 3.8) is 0 Å². The molecule has 1 unspecified atom stereocenters. The molecule has 0 aromatic heterocycles. The lowest BCUT2D eigenvalue weighted by Gasteiger charge is -2.34. The summed E-state index contributed by atoms with van der Waals surface area (Å²) < 4.78 is 10.4. The number of benzene rings is 1. The van der Waals surface area contributed by atoms with Crippen molar-refractivity contribution in [2.75, 3.05) is 33.5 Å². The van der Waals surface area contributed by atoms with Gasteiger partial charge in [0.15, 0.2) is 0 Å². The molecule has 1 aromatic carbocycles. The van der Waals surface area contributed by atoms with E-state index in [1.165, 1.54) is 7.11 Å². The quantitative estimate of drug-likeness (QED) is 0.906. The molecule has 1 aliphatic rings. The van der Waals surface area contributed by atoms with Gasteiger partial charge in [-0.3, -0.25) is 4.79 Å². The van der Waals surface area contributed by atoms with Crippen LogP contribution < -0.4 is 4.74 Å². The van der Waals surface area contributed by atoms with Gasteiger partial charge in [0.2, 0.25) is 0 Å². The maximum Gasteiger partial charge on any atom is 0.258 e. The molecule has 2 rings (SSSR count). The zero-order valence-corrected chi connectivity index (χ0v) is 11.4. The molecule has 0 spiro atoms. The fourth-order valence-corrected chi connectivity index (χ4v) is 2.23. The highest BCUT2D eigenvalue weighted by atomic mass is 35.5. The molecule has 1 heterocycles. The molecule has 1 saturated heterocycles. The predicted molar refractivity (Wildman–Crippen MR) is 70.7 cm³/mol. The minimum absolute atomic E-state index is 0.123. The number of morpholine rings is 1. The smallest absolute Gasteiger partial charge is 0.258 e. The van der Waals surface area contributed by atoms with E-state index < -0.39 is 0 Å². The van der Waals surface area contributed by atoms with Crippen LogP contribution in [0.4, 0.5) is 0 Å². The van der Waals surface area contributed by atoms with E-state index in [9.17, 15) is 9.90 Å². The molecule has 19 heavy (non-hydrogen) atoms. The fraction of sp³-hybridized carbons (Fsp3) is 0.462.